The van der Waals surface area contributed by atoms with Crippen molar-refractivity contribution in [2.75, 3.05) is 29.9 Å². The monoisotopic (exact) mass is 612 g/mol. The van der Waals surface area contributed by atoms with Gasteiger partial charge in [0.25, 0.3) is 11.5 Å². The van der Waals surface area contributed by atoms with Gasteiger partial charge < -0.3 is 30.9 Å². The predicted octanol–water partition coefficient (Wildman–Crippen LogP) is 2.38. The molecule has 12 nitrogen and oxygen atoms in total. The lowest BCUT2D eigenvalue weighted by Gasteiger charge is -2.35. The first-order valence-corrected chi connectivity index (χ1v) is 14.0. The molecule has 0 saturated carbocycles. The highest BCUT2D eigenvalue weighted by molar-refractivity contribution is 6.33. The molecule has 3 aromatic heterocycles. The van der Waals surface area contributed by atoms with E-state index in [1.807, 2.05) is 11.8 Å². The third kappa shape index (κ3) is 5.06. The molecule has 0 bridgehead atoms. The highest BCUT2D eigenvalue weighted by atomic mass is 35.5. The minimum absolute atomic E-state index is 0.0252. The zero-order valence-electron chi connectivity index (χ0n) is 23.0. The highest BCUT2D eigenvalue weighted by Gasteiger charge is 2.26. The van der Waals surface area contributed by atoms with Crippen LogP contribution in [0.5, 0.6) is 5.75 Å². The van der Waals surface area contributed by atoms with Gasteiger partial charge >= 0.3 is 0 Å². The molecule has 1 fully saturated rings. The molecule has 0 aliphatic carbocycles. The summed E-state index contributed by atoms with van der Waals surface area (Å²) in [6, 6.07) is 3.68. The predicted molar refractivity (Wildman–Crippen MR) is 155 cm³/mol. The summed E-state index contributed by atoms with van der Waals surface area (Å²) in [5, 5.41) is 15.6. The number of benzene rings is 1. The normalized spacial score (nSPS) is 16.5. The van der Waals surface area contributed by atoms with E-state index < -0.39 is 40.5 Å². The van der Waals surface area contributed by atoms with Gasteiger partial charge in [-0.3, -0.25) is 19.0 Å². The number of rotatable bonds is 6. The summed E-state index contributed by atoms with van der Waals surface area (Å²) >= 11 is 6.18. The van der Waals surface area contributed by atoms with Crippen LogP contribution in [-0.2, 0) is 24.3 Å². The largest absolute Gasteiger partial charge is 0.504 e. The zero-order chi connectivity index (χ0) is 30.6. The van der Waals surface area contributed by atoms with Crippen molar-refractivity contribution in [2.24, 2.45) is 5.73 Å². The summed E-state index contributed by atoms with van der Waals surface area (Å²) in [6.45, 7) is 3.99. The van der Waals surface area contributed by atoms with Gasteiger partial charge in [0.15, 0.2) is 11.6 Å². The lowest BCUT2D eigenvalue weighted by atomic mass is 10.0. The molecule has 224 valence electrons. The summed E-state index contributed by atoms with van der Waals surface area (Å²) in [5.74, 6) is -3.76. The highest BCUT2D eigenvalue weighted by Crippen LogP contribution is 2.34. The van der Waals surface area contributed by atoms with Crippen LogP contribution in [0.1, 0.15) is 29.5 Å². The summed E-state index contributed by atoms with van der Waals surface area (Å²) < 4.78 is 32.3. The number of carbonyl (C=O) groups excluding carboxylic acids is 2. The van der Waals surface area contributed by atoms with E-state index in [2.05, 4.69) is 20.6 Å². The molecule has 43 heavy (non-hydrogen) atoms. The molecule has 1 aromatic carbocycles. The Bertz CT molecular complexity index is 1870. The fourth-order valence-corrected chi connectivity index (χ4v) is 5.80. The van der Waals surface area contributed by atoms with Crippen LogP contribution in [0, 0.1) is 11.8 Å². The summed E-state index contributed by atoms with van der Waals surface area (Å²) in [5.41, 5.74) is 4.93. The van der Waals surface area contributed by atoms with E-state index in [1.54, 1.807) is 0 Å². The van der Waals surface area contributed by atoms with E-state index in [4.69, 9.17) is 17.3 Å². The quantitative estimate of drug-likeness (QED) is 0.241. The number of anilines is 2. The van der Waals surface area contributed by atoms with Crippen molar-refractivity contribution in [2.45, 2.75) is 38.9 Å². The number of fused-ring (bicyclic) bond motifs is 2. The first kappa shape index (κ1) is 28.6. The first-order chi connectivity index (χ1) is 20.5. The maximum atomic E-state index is 14.8. The van der Waals surface area contributed by atoms with Crippen molar-refractivity contribution in [1.82, 2.24) is 24.4 Å². The maximum Gasteiger partial charge on any atom is 0.263 e. The lowest BCUT2D eigenvalue weighted by Crippen LogP contribution is -2.50. The number of pyridine rings is 1. The molecule has 2 aliphatic rings. The topological polar surface area (TPSA) is 160 Å². The van der Waals surface area contributed by atoms with E-state index in [1.165, 1.54) is 27.5 Å². The molecule has 1 unspecified atom stereocenters. The summed E-state index contributed by atoms with van der Waals surface area (Å²) in [6.07, 6.45) is 2.69. The third-order valence-electron chi connectivity index (χ3n) is 7.76. The van der Waals surface area contributed by atoms with E-state index in [0.29, 0.717) is 50.7 Å². The maximum absolute atomic E-state index is 14.8. The zero-order valence-corrected chi connectivity index (χ0v) is 23.7. The second-order valence-electron chi connectivity index (χ2n) is 10.6. The van der Waals surface area contributed by atoms with Crippen molar-refractivity contribution in [1.29, 1.82) is 0 Å². The SMILES string of the molecule is CC1CNCCN1c1cc(NC(=O)Cn2cc(-c3cc(F)c(O)c(C(N)=O)c3)c3c(=O)n4c(nc32)CCC4)c(Cl)c(F)n1. The standard InChI is InChI=1S/C28H27ClF2N8O4/c1-13-10-33-4-6-38(13)20-9-18(23(29)25(31)35-20)34-21(40)12-37-11-16(14-7-15(26(32)42)24(41)17(30)8-14)22-27(37)36-19-3-2-5-39(19)28(22)43/h7-9,11,13,33,41H,2-6,10,12H2,1H3,(H2,32,42)(H,34,35,40). The number of aryl methyl sites for hydroxylation is 1. The Morgan fingerprint density at radius 2 is 2.02 bits per heavy atom. The molecular formula is C28H27ClF2N8O4. The minimum atomic E-state index is -1.11. The lowest BCUT2D eigenvalue weighted by molar-refractivity contribution is -0.116. The van der Waals surface area contributed by atoms with Gasteiger partial charge in [-0.05, 0) is 31.0 Å². The van der Waals surface area contributed by atoms with Gasteiger partial charge in [-0.15, -0.1) is 0 Å². The first-order valence-electron chi connectivity index (χ1n) is 13.6. The Balaban J connectivity index is 1.40. The van der Waals surface area contributed by atoms with Gasteiger partial charge in [0.1, 0.15) is 28.9 Å². The van der Waals surface area contributed by atoms with Crippen LogP contribution in [0.3, 0.4) is 0 Å². The molecule has 1 atom stereocenters. The molecule has 2 aliphatic heterocycles. The van der Waals surface area contributed by atoms with Crippen molar-refractivity contribution < 1.29 is 23.5 Å². The number of amides is 2. The Morgan fingerprint density at radius 1 is 1.23 bits per heavy atom. The number of hydrogen-bond acceptors (Lipinski definition) is 8. The number of hydrogen-bond donors (Lipinski definition) is 4. The summed E-state index contributed by atoms with van der Waals surface area (Å²) in [7, 11) is 0. The van der Waals surface area contributed by atoms with Crippen LogP contribution in [0.4, 0.5) is 20.3 Å². The molecule has 4 aromatic rings. The Hall–Kier alpha value is -4.56. The number of phenols is 1. The van der Waals surface area contributed by atoms with Crippen LogP contribution < -0.4 is 26.8 Å². The van der Waals surface area contributed by atoms with E-state index in [0.717, 1.165) is 6.07 Å². The molecule has 1 saturated heterocycles. The van der Waals surface area contributed by atoms with Gasteiger partial charge in [-0.1, -0.05) is 11.6 Å². The molecule has 6 rings (SSSR count). The minimum Gasteiger partial charge on any atom is -0.504 e. The van der Waals surface area contributed by atoms with Crippen molar-refractivity contribution in [3.8, 4) is 16.9 Å². The molecule has 0 spiro atoms. The molecule has 5 N–H and O–H groups in total. The fourth-order valence-electron chi connectivity index (χ4n) is 5.66. The van der Waals surface area contributed by atoms with Gasteiger partial charge in [0, 0.05) is 56.5 Å². The number of primary amides is 1. The molecule has 0 radical (unpaired) electrons. The number of aromatic hydroxyl groups is 1. The molecule has 5 heterocycles. The Morgan fingerprint density at radius 3 is 2.77 bits per heavy atom. The fraction of sp³-hybridized carbons (Fsp3) is 0.321. The average molecular weight is 613 g/mol. The molecule has 2 amide bonds. The number of nitrogens with one attached hydrogen (secondary N) is 2. The Kier molecular flexibility index (Phi) is 7.26. The van der Waals surface area contributed by atoms with Gasteiger partial charge in [-0.25, -0.2) is 14.4 Å². The molecule has 15 heteroatoms. The number of piperazine rings is 1. The van der Waals surface area contributed by atoms with E-state index in [9.17, 15) is 28.3 Å². The number of aromatic nitrogens is 4. The third-order valence-corrected chi connectivity index (χ3v) is 8.12. The summed E-state index contributed by atoms with van der Waals surface area (Å²) in [4.78, 5) is 49.3. The Labute approximate surface area is 248 Å². The van der Waals surface area contributed by atoms with Crippen LogP contribution in [0.15, 0.2) is 29.2 Å². The van der Waals surface area contributed by atoms with Crippen molar-refractivity contribution >= 4 is 46.0 Å². The van der Waals surface area contributed by atoms with Crippen LogP contribution in [-0.4, -0.2) is 61.7 Å². The number of halogens is 3. The van der Waals surface area contributed by atoms with E-state index >= 15 is 0 Å². The van der Waals surface area contributed by atoms with E-state index in [-0.39, 0.29) is 45.5 Å². The second-order valence-corrected chi connectivity index (χ2v) is 11.0. The number of carbonyl (C=O) groups is 2. The number of nitrogens with two attached hydrogens (primary N) is 1. The van der Waals surface area contributed by atoms with Crippen molar-refractivity contribution in [3.05, 3.63) is 62.9 Å². The van der Waals surface area contributed by atoms with Gasteiger partial charge in [0.05, 0.1) is 16.6 Å². The van der Waals surface area contributed by atoms with Crippen molar-refractivity contribution in [3.63, 3.8) is 0 Å². The van der Waals surface area contributed by atoms with Gasteiger partial charge in [-0.2, -0.15) is 4.39 Å². The van der Waals surface area contributed by atoms with Crippen LogP contribution in [0.25, 0.3) is 22.2 Å². The molecular weight excluding hydrogens is 586 g/mol. The number of nitrogens with zero attached hydrogens (tertiary/aromatic N) is 5. The van der Waals surface area contributed by atoms with Crippen LogP contribution in [0.2, 0.25) is 5.02 Å². The second kappa shape index (κ2) is 10.9. The average Bonchev–Trinajstić information content (AvgIpc) is 3.58. The smallest absolute Gasteiger partial charge is 0.263 e. The van der Waals surface area contributed by atoms with Gasteiger partial charge in [0.2, 0.25) is 11.9 Å². The van der Waals surface area contributed by atoms with Crippen LogP contribution >= 0.6 is 11.6 Å².